The standard InChI is InChI=1S/C17H25FN2O3/c1-12(2)9-15(19-8-4-7-16(21)22)17(23)20-11-13-5-3-6-14(18)10-13/h3,5-6,10,12,15,19H,4,7-9,11H2,1-2H3,(H,20,23)(H,21,22)/t15-/m0/s1. The summed E-state index contributed by atoms with van der Waals surface area (Å²) in [6, 6.07) is 5.72. The molecular weight excluding hydrogens is 299 g/mol. The Morgan fingerprint density at radius 1 is 1.30 bits per heavy atom. The van der Waals surface area contributed by atoms with Crippen LogP contribution in [-0.2, 0) is 16.1 Å². The normalized spacial score (nSPS) is 12.2. The van der Waals surface area contributed by atoms with Crippen molar-refractivity contribution in [3.05, 3.63) is 35.6 Å². The van der Waals surface area contributed by atoms with E-state index in [0.717, 1.165) is 0 Å². The van der Waals surface area contributed by atoms with E-state index in [1.54, 1.807) is 12.1 Å². The number of amides is 1. The molecule has 3 N–H and O–H groups in total. The number of carbonyl (C=O) groups excluding carboxylic acids is 1. The number of hydrogen-bond acceptors (Lipinski definition) is 3. The Labute approximate surface area is 136 Å². The van der Waals surface area contributed by atoms with Crippen LogP contribution >= 0.6 is 0 Å². The predicted molar refractivity (Wildman–Crippen MR) is 86.4 cm³/mol. The quantitative estimate of drug-likeness (QED) is 0.577. The number of carboxylic acid groups (broad SMARTS) is 1. The van der Waals surface area contributed by atoms with Crippen molar-refractivity contribution < 1.29 is 19.1 Å². The summed E-state index contributed by atoms with van der Waals surface area (Å²) in [4.78, 5) is 22.8. The van der Waals surface area contributed by atoms with E-state index in [1.165, 1.54) is 12.1 Å². The molecule has 0 aliphatic heterocycles. The lowest BCUT2D eigenvalue weighted by Gasteiger charge is -2.20. The monoisotopic (exact) mass is 324 g/mol. The Morgan fingerprint density at radius 3 is 2.65 bits per heavy atom. The Kier molecular flexibility index (Phi) is 8.26. The summed E-state index contributed by atoms with van der Waals surface area (Å²) in [5.41, 5.74) is 0.701. The van der Waals surface area contributed by atoms with Crippen molar-refractivity contribution in [2.75, 3.05) is 6.54 Å². The summed E-state index contributed by atoms with van der Waals surface area (Å²) in [5, 5.41) is 14.5. The molecule has 0 heterocycles. The summed E-state index contributed by atoms with van der Waals surface area (Å²) in [5.74, 6) is -1.00. The van der Waals surface area contributed by atoms with Gasteiger partial charge < -0.3 is 15.7 Å². The number of aliphatic carboxylic acids is 1. The lowest BCUT2D eigenvalue weighted by atomic mass is 10.0. The minimum atomic E-state index is -0.845. The van der Waals surface area contributed by atoms with Crippen LogP contribution in [0.2, 0.25) is 0 Å². The summed E-state index contributed by atoms with van der Waals surface area (Å²) >= 11 is 0. The molecule has 1 aromatic rings. The van der Waals surface area contributed by atoms with E-state index in [4.69, 9.17) is 5.11 Å². The van der Waals surface area contributed by atoms with Crippen molar-refractivity contribution in [1.82, 2.24) is 10.6 Å². The molecule has 0 fully saturated rings. The Hall–Kier alpha value is -1.95. The third-order valence-electron chi connectivity index (χ3n) is 3.34. The highest BCUT2D eigenvalue weighted by Gasteiger charge is 2.18. The molecule has 1 amide bonds. The molecule has 0 aliphatic carbocycles. The van der Waals surface area contributed by atoms with Gasteiger partial charge in [-0.15, -0.1) is 0 Å². The highest BCUT2D eigenvalue weighted by Crippen LogP contribution is 2.07. The maximum Gasteiger partial charge on any atom is 0.303 e. The first-order chi connectivity index (χ1) is 10.9. The van der Waals surface area contributed by atoms with Gasteiger partial charge in [-0.05, 0) is 43.0 Å². The molecule has 0 aliphatic rings. The average Bonchev–Trinajstić information content (AvgIpc) is 2.47. The number of halogens is 1. The third kappa shape index (κ3) is 8.30. The molecule has 128 valence electrons. The molecule has 0 saturated heterocycles. The van der Waals surface area contributed by atoms with Crippen LogP contribution in [0.1, 0.15) is 38.7 Å². The molecule has 0 radical (unpaired) electrons. The summed E-state index contributed by atoms with van der Waals surface area (Å²) in [7, 11) is 0. The molecular formula is C17H25FN2O3. The Bertz CT molecular complexity index is 520. The van der Waals surface area contributed by atoms with Crippen LogP contribution in [-0.4, -0.2) is 29.6 Å². The van der Waals surface area contributed by atoms with Crippen molar-refractivity contribution in [3.63, 3.8) is 0 Å². The van der Waals surface area contributed by atoms with Crippen LogP contribution in [0.15, 0.2) is 24.3 Å². The third-order valence-corrected chi connectivity index (χ3v) is 3.34. The molecule has 23 heavy (non-hydrogen) atoms. The zero-order chi connectivity index (χ0) is 17.2. The van der Waals surface area contributed by atoms with E-state index in [-0.39, 0.29) is 30.7 Å². The van der Waals surface area contributed by atoms with Gasteiger partial charge in [0.1, 0.15) is 5.82 Å². The summed E-state index contributed by atoms with van der Waals surface area (Å²) < 4.78 is 13.1. The number of benzene rings is 1. The molecule has 5 nitrogen and oxygen atoms in total. The fourth-order valence-corrected chi connectivity index (χ4v) is 2.23. The van der Waals surface area contributed by atoms with Crippen LogP contribution < -0.4 is 10.6 Å². The molecule has 1 rings (SSSR count). The Morgan fingerprint density at radius 2 is 2.04 bits per heavy atom. The van der Waals surface area contributed by atoms with Gasteiger partial charge in [-0.25, -0.2) is 4.39 Å². The predicted octanol–water partition coefficient (Wildman–Crippen LogP) is 2.31. The first-order valence-electron chi connectivity index (χ1n) is 7.85. The van der Waals surface area contributed by atoms with Crippen LogP contribution in [0, 0.1) is 11.7 Å². The van der Waals surface area contributed by atoms with Gasteiger partial charge in [-0.2, -0.15) is 0 Å². The number of hydrogen-bond donors (Lipinski definition) is 3. The summed E-state index contributed by atoms with van der Waals surface area (Å²) in [6.07, 6.45) is 1.20. The van der Waals surface area contributed by atoms with Crippen LogP contribution in [0.3, 0.4) is 0 Å². The van der Waals surface area contributed by atoms with Gasteiger partial charge >= 0.3 is 5.97 Å². The van der Waals surface area contributed by atoms with Crippen molar-refractivity contribution >= 4 is 11.9 Å². The largest absolute Gasteiger partial charge is 0.481 e. The van der Waals surface area contributed by atoms with Gasteiger partial charge in [0.2, 0.25) is 5.91 Å². The van der Waals surface area contributed by atoms with E-state index in [2.05, 4.69) is 10.6 Å². The lowest BCUT2D eigenvalue weighted by molar-refractivity contribution is -0.137. The molecule has 0 aromatic heterocycles. The fourth-order valence-electron chi connectivity index (χ4n) is 2.23. The summed E-state index contributed by atoms with van der Waals surface area (Å²) in [6.45, 7) is 4.77. The second-order valence-corrected chi connectivity index (χ2v) is 5.98. The average molecular weight is 324 g/mol. The first kappa shape index (κ1) is 19.1. The SMILES string of the molecule is CC(C)C[C@H](NCCCC(=O)O)C(=O)NCc1cccc(F)c1. The van der Waals surface area contributed by atoms with Crippen molar-refractivity contribution in [3.8, 4) is 0 Å². The first-order valence-corrected chi connectivity index (χ1v) is 7.85. The van der Waals surface area contributed by atoms with E-state index in [9.17, 15) is 14.0 Å². The molecule has 0 unspecified atom stereocenters. The van der Waals surface area contributed by atoms with E-state index >= 15 is 0 Å². The minimum Gasteiger partial charge on any atom is -0.481 e. The number of carboxylic acids is 1. The maximum absolute atomic E-state index is 13.1. The van der Waals surface area contributed by atoms with Crippen molar-refractivity contribution in [2.45, 2.75) is 45.7 Å². The highest BCUT2D eigenvalue weighted by molar-refractivity contribution is 5.81. The van der Waals surface area contributed by atoms with Gasteiger partial charge in [0.25, 0.3) is 0 Å². The van der Waals surface area contributed by atoms with E-state index in [0.29, 0.717) is 30.9 Å². The zero-order valence-electron chi connectivity index (χ0n) is 13.6. The van der Waals surface area contributed by atoms with Crippen LogP contribution in [0.4, 0.5) is 4.39 Å². The molecule has 0 spiro atoms. The maximum atomic E-state index is 13.1. The lowest BCUT2D eigenvalue weighted by Crippen LogP contribution is -2.45. The second kappa shape index (κ2) is 9.94. The zero-order valence-corrected chi connectivity index (χ0v) is 13.6. The molecule has 0 saturated carbocycles. The Balaban J connectivity index is 2.48. The fraction of sp³-hybridized carbons (Fsp3) is 0.529. The smallest absolute Gasteiger partial charge is 0.303 e. The van der Waals surface area contributed by atoms with Crippen LogP contribution in [0.5, 0.6) is 0 Å². The second-order valence-electron chi connectivity index (χ2n) is 5.98. The van der Waals surface area contributed by atoms with Gasteiger partial charge in [-0.3, -0.25) is 9.59 Å². The molecule has 0 bridgehead atoms. The van der Waals surface area contributed by atoms with Gasteiger partial charge in [0.05, 0.1) is 6.04 Å². The van der Waals surface area contributed by atoms with Crippen LogP contribution in [0.25, 0.3) is 0 Å². The van der Waals surface area contributed by atoms with E-state index in [1.807, 2.05) is 13.8 Å². The van der Waals surface area contributed by atoms with Crippen molar-refractivity contribution in [1.29, 1.82) is 0 Å². The minimum absolute atomic E-state index is 0.0757. The highest BCUT2D eigenvalue weighted by atomic mass is 19.1. The van der Waals surface area contributed by atoms with Gasteiger partial charge in [-0.1, -0.05) is 26.0 Å². The molecule has 6 heteroatoms. The van der Waals surface area contributed by atoms with Gasteiger partial charge in [0, 0.05) is 13.0 Å². The topological polar surface area (TPSA) is 78.4 Å². The number of nitrogens with one attached hydrogen (secondary N) is 2. The molecule has 1 aromatic carbocycles. The van der Waals surface area contributed by atoms with Gasteiger partial charge in [0.15, 0.2) is 0 Å². The van der Waals surface area contributed by atoms with E-state index < -0.39 is 5.97 Å². The number of rotatable bonds is 10. The number of carbonyl (C=O) groups is 2. The molecule has 1 atom stereocenters. The van der Waals surface area contributed by atoms with Crippen molar-refractivity contribution in [2.24, 2.45) is 5.92 Å².